The summed E-state index contributed by atoms with van der Waals surface area (Å²) in [7, 11) is 0. The molecule has 0 aromatic heterocycles. The minimum Gasteiger partial charge on any atom is -0.370 e. The van der Waals surface area contributed by atoms with E-state index in [0.717, 1.165) is 36.2 Å². The quantitative estimate of drug-likeness (QED) is 0.434. The van der Waals surface area contributed by atoms with Crippen LogP contribution in [-0.2, 0) is 4.74 Å². The highest BCUT2D eigenvalue weighted by atomic mass is 16.6. The highest BCUT2D eigenvalue weighted by Crippen LogP contribution is 2.65. The summed E-state index contributed by atoms with van der Waals surface area (Å²) in [5.41, 5.74) is 2.74. The molecule has 1 aliphatic heterocycles. The number of allylic oxidation sites excluding steroid dienone is 2. The third-order valence-corrected chi connectivity index (χ3v) is 8.84. The predicted octanol–water partition coefficient (Wildman–Crippen LogP) is 5.35. The molecule has 22 heavy (non-hydrogen) atoms. The van der Waals surface area contributed by atoms with E-state index in [0.29, 0.717) is 11.0 Å². The van der Waals surface area contributed by atoms with E-state index >= 15 is 0 Å². The Morgan fingerprint density at radius 2 is 1.82 bits per heavy atom. The van der Waals surface area contributed by atoms with Gasteiger partial charge in [0.05, 0.1) is 12.2 Å². The molecule has 1 spiro atoms. The van der Waals surface area contributed by atoms with Crippen LogP contribution in [0.4, 0.5) is 0 Å². The Bertz CT molecular complexity index is 502. The van der Waals surface area contributed by atoms with Crippen LogP contribution in [0.5, 0.6) is 0 Å². The van der Waals surface area contributed by atoms with Gasteiger partial charge in [-0.2, -0.15) is 0 Å². The lowest BCUT2D eigenvalue weighted by Gasteiger charge is -2.55. The van der Waals surface area contributed by atoms with Crippen LogP contribution in [-0.4, -0.2) is 12.2 Å². The minimum atomic E-state index is 0.378. The van der Waals surface area contributed by atoms with E-state index in [2.05, 4.69) is 19.9 Å². The first-order chi connectivity index (χ1) is 10.7. The SMILES string of the molecule is C/C=C1/CC[C@H]2[C@@H]3CC[C@@H]4C[C@]5(CC[C@@H]4[C@H]3CC[C@]12C)CO5. The average molecular weight is 300 g/mol. The van der Waals surface area contributed by atoms with E-state index in [1.54, 1.807) is 5.57 Å². The Morgan fingerprint density at radius 1 is 1.00 bits per heavy atom. The van der Waals surface area contributed by atoms with Gasteiger partial charge >= 0.3 is 0 Å². The first-order valence-electron chi connectivity index (χ1n) is 9.95. The summed E-state index contributed by atoms with van der Waals surface area (Å²) in [6.45, 7) is 5.97. The Kier molecular flexibility index (Phi) is 2.96. The molecule has 4 saturated carbocycles. The zero-order valence-corrected chi connectivity index (χ0v) is 14.4. The van der Waals surface area contributed by atoms with Gasteiger partial charge in [-0.1, -0.05) is 18.6 Å². The maximum absolute atomic E-state index is 5.83. The number of fused-ring (bicyclic) bond motifs is 5. The maximum Gasteiger partial charge on any atom is 0.0919 e. The van der Waals surface area contributed by atoms with Gasteiger partial charge in [0.1, 0.15) is 0 Å². The fourth-order valence-electron chi connectivity index (χ4n) is 7.63. The number of hydrogen-bond acceptors (Lipinski definition) is 1. The van der Waals surface area contributed by atoms with Crippen LogP contribution in [0.25, 0.3) is 0 Å². The van der Waals surface area contributed by atoms with E-state index in [-0.39, 0.29) is 0 Å². The van der Waals surface area contributed by atoms with E-state index in [4.69, 9.17) is 4.74 Å². The molecule has 0 aromatic carbocycles. The van der Waals surface area contributed by atoms with Gasteiger partial charge in [-0.05, 0) is 99.7 Å². The van der Waals surface area contributed by atoms with Crippen LogP contribution in [0.1, 0.15) is 71.6 Å². The van der Waals surface area contributed by atoms with Gasteiger partial charge in [-0.25, -0.2) is 0 Å². The molecule has 5 fully saturated rings. The minimum absolute atomic E-state index is 0.378. The summed E-state index contributed by atoms with van der Waals surface area (Å²) in [5.74, 6) is 5.17. The van der Waals surface area contributed by atoms with Crippen LogP contribution in [0.15, 0.2) is 11.6 Å². The lowest BCUT2D eigenvalue weighted by molar-refractivity contribution is -0.0518. The Morgan fingerprint density at radius 3 is 2.59 bits per heavy atom. The molecule has 7 atom stereocenters. The Hall–Kier alpha value is -0.300. The number of ether oxygens (including phenoxy) is 1. The highest BCUT2D eigenvalue weighted by Gasteiger charge is 2.58. The van der Waals surface area contributed by atoms with Crippen molar-refractivity contribution < 1.29 is 4.74 Å². The van der Waals surface area contributed by atoms with E-state index in [1.165, 1.54) is 57.8 Å². The first kappa shape index (κ1) is 14.1. The van der Waals surface area contributed by atoms with Gasteiger partial charge in [0.15, 0.2) is 0 Å². The van der Waals surface area contributed by atoms with E-state index in [9.17, 15) is 0 Å². The Labute approximate surface area is 135 Å². The molecule has 5 aliphatic rings. The van der Waals surface area contributed by atoms with Crippen molar-refractivity contribution in [1.29, 1.82) is 0 Å². The molecule has 1 saturated heterocycles. The summed E-state index contributed by atoms with van der Waals surface area (Å²) in [6, 6.07) is 0. The summed E-state index contributed by atoms with van der Waals surface area (Å²) in [6.07, 6.45) is 15.6. The summed E-state index contributed by atoms with van der Waals surface area (Å²) < 4.78 is 5.83. The second-order valence-corrected chi connectivity index (χ2v) is 9.46. The molecule has 122 valence electrons. The summed E-state index contributed by atoms with van der Waals surface area (Å²) >= 11 is 0. The van der Waals surface area contributed by atoms with Gasteiger partial charge in [-0.3, -0.25) is 0 Å². The van der Waals surface area contributed by atoms with Crippen molar-refractivity contribution in [2.24, 2.45) is 35.0 Å². The van der Waals surface area contributed by atoms with Crippen molar-refractivity contribution in [3.8, 4) is 0 Å². The van der Waals surface area contributed by atoms with E-state index in [1.807, 2.05) is 0 Å². The Balaban J connectivity index is 1.40. The van der Waals surface area contributed by atoms with Gasteiger partial charge in [-0.15, -0.1) is 0 Å². The molecule has 0 N–H and O–H groups in total. The molecule has 0 radical (unpaired) electrons. The molecule has 5 rings (SSSR count). The average Bonchev–Trinajstić information content (AvgIpc) is 3.17. The highest BCUT2D eigenvalue weighted by molar-refractivity contribution is 5.23. The fourth-order valence-corrected chi connectivity index (χ4v) is 7.63. The molecular formula is C21H32O. The third kappa shape index (κ3) is 1.81. The van der Waals surface area contributed by atoms with Crippen LogP contribution >= 0.6 is 0 Å². The number of rotatable bonds is 0. The lowest BCUT2D eigenvalue weighted by Crippen LogP contribution is -2.48. The van der Waals surface area contributed by atoms with Crippen molar-refractivity contribution in [2.75, 3.05) is 6.61 Å². The predicted molar refractivity (Wildman–Crippen MR) is 89.6 cm³/mol. The zero-order chi connectivity index (χ0) is 14.9. The second-order valence-electron chi connectivity index (χ2n) is 9.46. The van der Waals surface area contributed by atoms with Crippen molar-refractivity contribution in [2.45, 2.75) is 77.2 Å². The van der Waals surface area contributed by atoms with Crippen LogP contribution in [0.2, 0.25) is 0 Å². The summed E-state index contributed by atoms with van der Waals surface area (Å²) in [4.78, 5) is 0. The molecule has 0 bridgehead atoms. The van der Waals surface area contributed by atoms with Crippen LogP contribution in [0.3, 0.4) is 0 Å². The third-order valence-electron chi connectivity index (χ3n) is 8.84. The van der Waals surface area contributed by atoms with Crippen LogP contribution in [0, 0.1) is 35.0 Å². The molecule has 1 nitrogen and oxygen atoms in total. The van der Waals surface area contributed by atoms with E-state index < -0.39 is 0 Å². The molecule has 0 amide bonds. The van der Waals surface area contributed by atoms with Crippen molar-refractivity contribution in [3.63, 3.8) is 0 Å². The fraction of sp³-hybridized carbons (Fsp3) is 0.905. The van der Waals surface area contributed by atoms with Gasteiger partial charge in [0.25, 0.3) is 0 Å². The lowest BCUT2D eigenvalue weighted by atomic mass is 9.50. The van der Waals surface area contributed by atoms with Gasteiger partial charge in [0.2, 0.25) is 0 Å². The van der Waals surface area contributed by atoms with Crippen molar-refractivity contribution >= 4 is 0 Å². The topological polar surface area (TPSA) is 12.5 Å². The smallest absolute Gasteiger partial charge is 0.0919 e. The number of hydrogen-bond donors (Lipinski definition) is 0. The standard InChI is InChI=1S/C21H32O/c1-3-15-5-7-19-18-6-4-14-12-21(13-22-21)11-9-16(14)17(18)8-10-20(15,19)2/h3,14,16-19H,4-13H2,1-2H3/b15-3-/t14-,16+,17-,18-,19+,20-,21-/m1/s1. The molecule has 0 aromatic rings. The van der Waals surface area contributed by atoms with Gasteiger partial charge in [0, 0.05) is 0 Å². The van der Waals surface area contributed by atoms with Crippen LogP contribution < -0.4 is 0 Å². The normalized spacial score (nSPS) is 58.3. The first-order valence-corrected chi connectivity index (χ1v) is 9.95. The maximum atomic E-state index is 5.83. The largest absolute Gasteiger partial charge is 0.370 e. The van der Waals surface area contributed by atoms with Gasteiger partial charge < -0.3 is 4.74 Å². The number of epoxide rings is 1. The second kappa shape index (κ2) is 4.62. The zero-order valence-electron chi connectivity index (χ0n) is 14.4. The van der Waals surface area contributed by atoms with Crippen molar-refractivity contribution in [3.05, 3.63) is 11.6 Å². The molecule has 1 heterocycles. The molecule has 1 heteroatoms. The van der Waals surface area contributed by atoms with Crippen molar-refractivity contribution in [1.82, 2.24) is 0 Å². The molecular weight excluding hydrogens is 268 g/mol. The monoisotopic (exact) mass is 300 g/mol. The molecule has 4 aliphatic carbocycles. The molecule has 0 unspecified atom stereocenters. The summed E-state index contributed by atoms with van der Waals surface area (Å²) in [5, 5.41) is 0.